The summed E-state index contributed by atoms with van der Waals surface area (Å²) in [6.45, 7) is 0.607. The van der Waals surface area contributed by atoms with Crippen molar-refractivity contribution in [2.45, 2.75) is 31.0 Å². The first kappa shape index (κ1) is 23.7. The van der Waals surface area contributed by atoms with Gasteiger partial charge in [0, 0.05) is 42.8 Å². The highest BCUT2D eigenvalue weighted by molar-refractivity contribution is 9.10. The summed E-state index contributed by atoms with van der Waals surface area (Å²) in [4.78, 5) is 26.1. The van der Waals surface area contributed by atoms with E-state index in [4.69, 9.17) is 4.98 Å². The number of nitriles is 1. The third kappa shape index (κ3) is 4.49. The van der Waals surface area contributed by atoms with Gasteiger partial charge < -0.3 is 16.0 Å². The number of carbonyl (C=O) groups excluding carboxylic acids is 1. The molecule has 0 radical (unpaired) electrons. The van der Waals surface area contributed by atoms with Crippen LogP contribution in [-0.2, 0) is 4.79 Å². The lowest BCUT2D eigenvalue weighted by Crippen LogP contribution is -2.61. The first-order valence-corrected chi connectivity index (χ1v) is 12.9. The van der Waals surface area contributed by atoms with Crippen molar-refractivity contribution in [1.29, 1.82) is 5.26 Å². The molecule has 188 valence electrons. The number of aromatic nitrogens is 5. The van der Waals surface area contributed by atoms with Crippen LogP contribution in [0, 0.1) is 17.2 Å². The van der Waals surface area contributed by atoms with Gasteiger partial charge in [0.05, 0.1) is 28.7 Å². The summed E-state index contributed by atoms with van der Waals surface area (Å²) in [5.41, 5.74) is 1.01. The van der Waals surface area contributed by atoms with Crippen LogP contribution >= 0.6 is 15.9 Å². The summed E-state index contributed by atoms with van der Waals surface area (Å²) in [5, 5.41) is 24.8. The van der Waals surface area contributed by atoms with Gasteiger partial charge >= 0.3 is 0 Å². The molecule has 0 spiro atoms. The Bertz CT molecular complexity index is 1560. The molecule has 0 bridgehead atoms. The summed E-state index contributed by atoms with van der Waals surface area (Å²) >= 11 is 3.49. The van der Waals surface area contributed by atoms with Gasteiger partial charge in [-0.15, -0.1) is 0 Å². The molecule has 12 heteroatoms. The number of amides is 1. The molecular weight excluding hydrogens is 541 g/mol. The molecule has 1 aromatic carbocycles. The maximum Gasteiger partial charge on any atom is 0.224 e. The topological polar surface area (TPSA) is 133 Å². The fourth-order valence-electron chi connectivity index (χ4n) is 4.95. The van der Waals surface area contributed by atoms with Gasteiger partial charge in [-0.05, 0) is 53.4 Å². The number of pyridine rings is 1. The van der Waals surface area contributed by atoms with Crippen LogP contribution in [0.5, 0.6) is 0 Å². The number of fused-ring (bicyclic) bond motifs is 2. The van der Waals surface area contributed by atoms with E-state index in [9.17, 15) is 14.4 Å². The van der Waals surface area contributed by atoms with E-state index in [1.165, 1.54) is 0 Å². The van der Waals surface area contributed by atoms with Crippen molar-refractivity contribution in [3.05, 3.63) is 46.8 Å². The molecule has 10 nitrogen and oxygen atoms in total. The summed E-state index contributed by atoms with van der Waals surface area (Å²) in [6, 6.07) is 9.62. The summed E-state index contributed by atoms with van der Waals surface area (Å²) in [7, 11) is 0. The average molecular weight is 564 g/mol. The lowest BCUT2D eigenvalue weighted by atomic mass is 9.99. The van der Waals surface area contributed by atoms with E-state index < -0.39 is 5.67 Å². The van der Waals surface area contributed by atoms with Crippen LogP contribution in [0.4, 0.5) is 10.3 Å². The third-order valence-electron chi connectivity index (χ3n) is 7.03. The van der Waals surface area contributed by atoms with Crippen molar-refractivity contribution in [1.82, 2.24) is 35.4 Å². The van der Waals surface area contributed by atoms with Gasteiger partial charge in [-0.25, -0.2) is 14.1 Å². The number of hydrogen-bond donors (Lipinski definition) is 3. The molecular formula is C25H23BrFN9O. The molecule has 2 aliphatic rings. The molecule has 37 heavy (non-hydrogen) atoms. The number of benzene rings is 1. The van der Waals surface area contributed by atoms with Crippen molar-refractivity contribution < 1.29 is 9.18 Å². The molecule has 6 rings (SSSR count). The molecule has 3 aromatic heterocycles. The first-order chi connectivity index (χ1) is 17.9. The summed E-state index contributed by atoms with van der Waals surface area (Å²) in [6.07, 6.45) is 5.48. The number of nitrogens with one attached hydrogen (secondary N) is 3. The number of halogens is 2. The summed E-state index contributed by atoms with van der Waals surface area (Å²) < 4.78 is 16.4. The average Bonchev–Trinajstić information content (AvgIpc) is 3.49. The molecule has 1 amide bonds. The van der Waals surface area contributed by atoms with E-state index in [1.807, 2.05) is 18.2 Å². The Hall–Kier alpha value is -3.69. The fourth-order valence-corrected chi connectivity index (χ4v) is 5.39. The number of alkyl halides is 1. The zero-order valence-electron chi connectivity index (χ0n) is 19.7. The number of hydrogen-bond acceptors (Lipinski definition) is 8. The van der Waals surface area contributed by atoms with Crippen LogP contribution in [0.1, 0.15) is 24.8 Å². The maximum atomic E-state index is 14.2. The molecule has 4 aromatic rings. The highest BCUT2D eigenvalue weighted by atomic mass is 79.9. The Labute approximate surface area is 219 Å². The molecule has 4 heterocycles. The number of carbonyl (C=O) groups is 1. The van der Waals surface area contributed by atoms with Gasteiger partial charge in [0.1, 0.15) is 10.7 Å². The van der Waals surface area contributed by atoms with Crippen LogP contribution in [0.15, 0.2) is 41.3 Å². The molecule has 0 unspecified atom stereocenters. The summed E-state index contributed by atoms with van der Waals surface area (Å²) in [5.74, 6) is 0.150. The predicted molar refractivity (Wildman–Crippen MR) is 139 cm³/mol. The molecule has 1 aliphatic heterocycles. The lowest BCUT2D eigenvalue weighted by molar-refractivity contribution is -0.125. The van der Waals surface area contributed by atoms with Crippen LogP contribution in [0.3, 0.4) is 0 Å². The van der Waals surface area contributed by atoms with Crippen LogP contribution in [-0.4, -0.2) is 62.0 Å². The highest BCUT2D eigenvalue weighted by Gasteiger charge is 2.38. The fraction of sp³-hybridized carbons (Fsp3) is 0.360. The van der Waals surface area contributed by atoms with E-state index in [0.717, 1.165) is 23.6 Å². The second-order valence-corrected chi connectivity index (χ2v) is 10.4. The van der Waals surface area contributed by atoms with Crippen molar-refractivity contribution in [3.63, 3.8) is 0 Å². The van der Waals surface area contributed by atoms with Crippen LogP contribution in [0.2, 0.25) is 0 Å². The smallest absolute Gasteiger partial charge is 0.224 e. The number of rotatable bonds is 6. The van der Waals surface area contributed by atoms with Crippen LogP contribution in [0.25, 0.3) is 27.6 Å². The van der Waals surface area contributed by atoms with Gasteiger partial charge in [0.25, 0.3) is 0 Å². The van der Waals surface area contributed by atoms with E-state index in [1.54, 1.807) is 23.1 Å². The molecule has 1 aliphatic carbocycles. The normalized spacial score (nSPS) is 20.5. The second kappa shape index (κ2) is 9.32. The zero-order chi connectivity index (χ0) is 25.6. The van der Waals surface area contributed by atoms with E-state index in [0.29, 0.717) is 39.4 Å². The van der Waals surface area contributed by atoms with Crippen LogP contribution < -0.4 is 16.0 Å². The van der Waals surface area contributed by atoms with Gasteiger partial charge in [0.2, 0.25) is 11.9 Å². The Morgan fingerprint density at radius 1 is 1.32 bits per heavy atom. The van der Waals surface area contributed by atoms with Gasteiger partial charge in [-0.3, -0.25) is 9.78 Å². The monoisotopic (exact) mass is 563 g/mol. The minimum Gasteiger partial charge on any atom is -0.353 e. The minimum atomic E-state index is -1.33. The SMILES string of the molecule is N#Cc1cc(-n2nc(Br)c3cnc(N[C@@H]4CC[C@H](C(=O)NCC5(F)CNC5)C4)nc32)cc2cccnc12. The van der Waals surface area contributed by atoms with Gasteiger partial charge in [-0.2, -0.15) is 15.3 Å². The molecule has 2 atom stereocenters. The zero-order valence-corrected chi connectivity index (χ0v) is 21.3. The van der Waals surface area contributed by atoms with Crippen molar-refractivity contribution in [3.8, 4) is 11.8 Å². The van der Waals surface area contributed by atoms with E-state index in [2.05, 4.69) is 53.0 Å². The molecule has 1 saturated heterocycles. The second-order valence-electron chi connectivity index (χ2n) is 9.64. The Balaban J connectivity index is 1.22. The van der Waals surface area contributed by atoms with E-state index >= 15 is 0 Å². The Kier molecular flexibility index (Phi) is 5.97. The Morgan fingerprint density at radius 2 is 2.19 bits per heavy atom. The standard InChI is InChI=1S/C25H23BrFN9O/c26-21-19-10-31-24(33-17-4-3-15(6-17)23(37)32-13-25(27)11-29-12-25)34-22(19)36(35-21)18-7-14-2-1-5-30-20(14)16(8-18)9-28/h1-2,5,7-8,10,15,17,29H,3-4,6,11-13H2,(H,32,37)(H,31,33,34)/t15-,17+/m0/s1. The quantitative estimate of drug-likeness (QED) is 0.326. The molecule has 2 fully saturated rings. The van der Waals surface area contributed by atoms with Gasteiger partial charge in [0.15, 0.2) is 11.3 Å². The van der Waals surface area contributed by atoms with Gasteiger partial charge in [-0.1, -0.05) is 6.07 Å². The maximum absolute atomic E-state index is 14.2. The largest absolute Gasteiger partial charge is 0.353 e. The third-order valence-corrected chi connectivity index (χ3v) is 7.62. The highest BCUT2D eigenvalue weighted by Crippen LogP contribution is 2.30. The van der Waals surface area contributed by atoms with E-state index in [-0.39, 0.29) is 37.5 Å². The lowest BCUT2D eigenvalue weighted by Gasteiger charge is -2.35. The Morgan fingerprint density at radius 3 is 2.97 bits per heavy atom. The first-order valence-electron chi connectivity index (χ1n) is 12.1. The van der Waals surface area contributed by atoms with Crippen molar-refractivity contribution >= 4 is 49.7 Å². The molecule has 3 N–H and O–H groups in total. The number of nitrogens with zero attached hydrogens (tertiary/aromatic N) is 6. The van der Waals surface area contributed by atoms with Crippen molar-refractivity contribution in [2.75, 3.05) is 25.0 Å². The predicted octanol–water partition coefficient (Wildman–Crippen LogP) is 3.01. The number of anilines is 1. The molecule has 1 saturated carbocycles. The minimum absolute atomic E-state index is 0.0228. The van der Waals surface area contributed by atoms with Crippen molar-refractivity contribution in [2.24, 2.45) is 5.92 Å².